The van der Waals surface area contributed by atoms with Crippen molar-refractivity contribution < 1.29 is 9.53 Å². The van der Waals surface area contributed by atoms with Crippen LogP contribution in [0.4, 0.5) is 0 Å². The van der Waals surface area contributed by atoms with Gasteiger partial charge >= 0.3 is 0 Å². The predicted octanol–water partition coefficient (Wildman–Crippen LogP) is 1.74. The van der Waals surface area contributed by atoms with Gasteiger partial charge in [-0.2, -0.15) is 11.3 Å². The van der Waals surface area contributed by atoms with Crippen LogP contribution in [0.5, 0.6) is 0 Å². The van der Waals surface area contributed by atoms with Crippen LogP contribution in [0.25, 0.3) is 0 Å². The van der Waals surface area contributed by atoms with Gasteiger partial charge in [-0.15, -0.1) is 0 Å². The third-order valence-electron chi connectivity index (χ3n) is 3.99. The van der Waals surface area contributed by atoms with Crippen LogP contribution in [0.3, 0.4) is 0 Å². The van der Waals surface area contributed by atoms with E-state index < -0.39 is 0 Å². The number of hydrogen-bond donors (Lipinski definition) is 0. The van der Waals surface area contributed by atoms with Crippen LogP contribution in [0.2, 0.25) is 0 Å². The normalized spacial score (nSPS) is 24.8. The second kappa shape index (κ2) is 6.03. The number of thiophene rings is 1. The molecule has 0 bridgehead atoms. The van der Waals surface area contributed by atoms with Crippen LogP contribution in [0.1, 0.15) is 24.4 Å². The summed E-state index contributed by atoms with van der Waals surface area (Å²) in [6, 6.07) is 2.63. The molecule has 5 heteroatoms. The second-order valence-electron chi connectivity index (χ2n) is 5.18. The van der Waals surface area contributed by atoms with E-state index in [1.165, 1.54) is 18.4 Å². The van der Waals surface area contributed by atoms with Crippen LogP contribution in [-0.4, -0.2) is 55.1 Å². The van der Waals surface area contributed by atoms with Crippen molar-refractivity contribution in [3.8, 4) is 0 Å². The molecule has 0 aromatic carbocycles. The highest BCUT2D eigenvalue weighted by Gasteiger charge is 2.29. The maximum Gasteiger partial charge on any atom is 0.236 e. The van der Waals surface area contributed by atoms with Gasteiger partial charge in [-0.25, -0.2) is 0 Å². The number of amides is 1. The molecule has 0 aliphatic carbocycles. The molecule has 0 N–H and O–H groups in total. The van der Waals surface area contributed by atoms with Crippen LogP contribution < -0.4 is 0 Å². The van der Waals surface area contributed by atoms with Gasteiger partial charge in [0.1, 0.15) is 0 Å². The number of nitrogens with zero attached hydrogens (tertiary/aromatic N) is 2. The lowest BCUT2D eigenvalue weighted by Crippen LogP contribution is -2.45. The first-order chi connectivity index (χ1) is 9.34. The minimum Gasteiger partial charge on any atom is -0.378 e. The minimum absolute atomic E-state index is 0.255. The van der Waals surface area contributed by atoms with Crippen LogP contribution in [-0.2, 0) is 9.53 Å². The molecular formula is C14H20N2O2S. The van der Waals surface area contributed by atoms with Crippen molar-refractivity contribution in [3.63, 3.8) is 0 Å². The lowest BCUT2D eigenvalue weighted by molar-refractivity contribution is -0.136. The molecule has 1 aromatic rings. The number of rotatable bonds is 3. The monoisotopic (exact) mass is 280 g/mol. The van der Waals surface area contributed by atoms with E-state index in [1.54, 1.807) is 11.3 Å². The highest BCUT2D eigenvalue weighted by atomic mass is 32.1. The SMILES string of the molecule is O=C(CN1CCCC1c1ccsc1)N1CCOCC1. The minimum atomic E-state index is 0.255. The number of carbonyl (C=O) groups excluding carboxylic acids is 1. The predicted molar refractivity (Wildman–Crippen MR) is 75.3 cm³/mol. The van der Waals surface area contributed by atoms with Crippen molar-refractivity contribution in [2.75, 3.05) is 39.4 Å². The molecule has 3 heterocycles. The largest absolute Gasteiger partial charge is 0.378 e. The molecule has 4 nitrogen and oxygen atoms in total. The number of likely N-dealkylation sites (tertiary alicyclic amines) is 1. The molecule has 1 atom stereocenters. The fraction of sp³-hybridized carbons (Fsp3) is 0.643. The molecule has 2 aliphatic heterocycles. The molecule has 1 amide bonds. The van der Waals surface area contributed by atoms with Crippen molar-refractivity contribution in [2.24, 2.45) is 0 Å². The average Bonchev–Trinajstić information content (AvgIpc) is 3.10. The standard InChI is InChI=1S/C14H20N2O2S/c17-14(15-5-7-18-8-6-15)10-16-4-1-2-13(16)12-3-9-19-11-12/h3,9,11,13H,1-2,4-8,10H2. The van der Waals surface area contributed by atoms with Crippen molar-refractivity contribution in [3.05, 3.63) is 22.4 Å². The summed E-state index contributed by atoms with van der Waals surface area (Å²) in [7, 11) is 0. The Morgan fingerprint density at radius 3 is 2.95 bits per heavy atom. The molecule has 1 aromatic heterocycles. The van der Waals surface area contributed by atoms with Crippen molar-refractivity contribution in [1.82, 2.24) is 9.80 Å². The molecule has 3 rings (SSSR count). The first-order valence-electron chi connectivity index (χ1n) is 6.96. The van der Waals surface area contributed by atoms with Gasteiger partial charge in [0.2, 0.25) is 5.91 Å². The maximum absolute atomic E-state index is 12.3. The fourth-order valence-electron chi connectivity index (χ4n) is 2.94. The van der Waals surface area contributed by atoms with E-state index in [1.807, 2.05) is 4.90 Å². The van der Waals surface area contributed by atoms with E-state index in [9.17, 15) is 4.79 Å². The Labute approximate surface area is 118 Å². The smallest absolute Gasteiger partial charge is 0.236 e. The lowest BCUT2D eigenvalue weighted by atomic mass is 10.1. The number of hydrogen-bond acceptors (Lipinski definition) is 4. The van der Waals surface area contributed by atoms with Crippen LogP contribution in [0, 0.1) is 0 Å². The Kier molecular flexibility index (Phi) is 4.15. The van der Waals surface area contributed by atoms with E-state index in [0.717, 1.165) is 19.6 Å². The molecule has 1 unspecified atom stereocenters. The van der Waals surface area contributed by atoms with Crippen molar-refractivity contribution >= 4 is 17.2 Å². The van der Waals surface area contributed by atoms with Crippen molar-refractivity contribution in [2.45, 2.75) is 18.9 Å². The first-order valence-corrected chi connectivity index (χ1v) is 7.90. The zero-order chi connectivity index (χ0) is 13.1. The number of carbonyl (C=O) groups is 1. The molecular weight excluding hydrogens is 260 g/mol. The third kappa shape index (κ3) is 2.99. The van der Waals surface area contributed by atoms with Gasteiger partial charge in [0.05, 0.1) is 19.8 Å². The summed E-state index contributed by atoms with van der Waals surface area (Å²) < 4.78 is 5.29. The van der Waals surface area contributed by atoms with Gasteiger partial charge < -0.3 is 9.64 Å². The van der Waals surface area contributed by atoms with Gasteiger partial charge in [0.25, 0.3) is 0 Å². The van der Waals surface area contributed by atoms with E-state index in [-0.39, 0.29) is 5.91 Å². The summed E-state index contributed by atoms with van der Waals surface area (Å²) in [5.41, 5.74) is 1.37. The number of morpholine rings is 1. The molecule has 2 saturated heterocycles. The Bertz CT molecular complexity index is 415. The summed E-state index contributed by atoms with van der Waals surface area (Å²) in [6.07, 6.45) is 2.37. The highest BCUT2D eigenvalue weighted by molar-refractivity contribution is 7.07. The summed E-state index contributed by atoms with van der Waals surface area (Å²) in [5.74, 6) is 0.255. The van der Waals surface area contributed by atoms with E-state index >= 15 is 0 Å². The second-order valence-corrected chi connectivity index (χ2v) is 5.96. The summed E-state index contributed by atoms with van der Waals surface area (Å²) in [5, 5.41) is 4.33. The van der Waals surface area contributed by atoms with Crippen molar-refractivity contribution in [1.29, 1.82) is 0 Å². The molecule has 0 spiro atoms. The van der Waals surface area contributed by atoms with E-state index in [4.69, 9.17) is 4.74 Å². The van der Waals surface area contributed by atoms with E-state index in [0.29, 0.717) is 25.8 Å². The van der Waals surface area contributed by atoms with E-state index in [2.05, 4.69) is 21.7 Å². The van der Waals surface area contributed by atoms with Gasteiger partial charge in [-0.1, -0.05) is 0 Å². The maximum atomic E-state index is 12.3. The summed E-state index contributed by atoms with van der Waals surface area (Å²) in [6.45, 7) is 4.45. The molecule has 2 aliphatic rings. The highest BCUT2D eigenvalue weighted by Crippen LogP contribution is 2.32. The zero-order valence-electron chi connectivity index (χ0n) is 11.1. The zero-order valence-corrected chi connectivity index (χ0v) is 11.9. The van der Waals surface area contributed by atoms with Gasteiger partial charge in [-0.3, -0.25) is 9.69 Å². The topological polar surface area (TPSA) is 32.8 Å². The Balaban J connectivity index is 1.60. The molecule has 0 radical (unpaired) electrons. The Morgan fingerprint density at radius 1 is 1.37 bits per heavy atom. The number of ether oxygens (including phenoxy) is 1. The molecule has 2 fully saturated rings. The summed E-state index contributed by atoms with van der Waals surface area (Å²) >= 11 is 1.74. The Morgan fingerprint density at radius 2 is 2.21 bits per heavy atom. The quantitative estimate of drug-likeness (QED) is 0.845. The lowest BCUT2D eigenvalue weighted by Gasteiger charge is -2.30. The molecule has 104 valence electrons. The molecule has 19 heavy (non-hydrogen) atoms. The third-order valence-corrected chi connectivity index (χ3v) is 4.70. The molecule has 0 saturated carbocycles. The van der Waals surface area contributed by atoms with Gasteiger partial charge in [-0.05, 0) is 41.8 Å². The van der Waals surface area contributed by atoms with Gasteiger partial charge in [0, 0.05) is 19.1 Å². The fourth-order valence-corrected chi connectivity index (χ4v) is 3.65. The van der Waals surface area contributed by atoms with Crippen LogP contribution in [0.15, 0.2) is 16.8 Å². The van der Waals surface area contributed by atoms with Crippen LogP contribution >= 0.6 is 11.3 Å². The Hall–Kier alpha value is -0.910. The first kappa shape index (κ1) is 13.1. The summed E-state index contributed by atoms with van der Waals surface area (Å²) in [4.78, 5) is 16.6. The van der Waals surface area contributed by atoms with Gasteiger partial charge in [0.15, 0.2) is 0 Å². The average molecular weight is 280 g/mol.